The van der Waals surface area contributed by atoms with Crippen LogP contribution in [0.5, 0.6) is 0 Å². The van der Waals surface area contributed by atoms with Crippen molar-refractivity contribution in [1.29, 1.82) is 0 Å². The van der Waals surface area contributed by atoms with Gasteiger partial charge in [0.2, 0.25) is 0 Å². The van der Waals surface area contributed by atoms with Gasteiger partial charge < -0.3 is 9.47 Å². The van der Waals surface area contributed by atoms with Crippen molar-refractivity contribution in [2.75, 3.05) is 0 Å². The minimum atomic E-state index is -0.183. The van der Waals surface area contributed by atoms with Crippen LogP contribution in [-0.2, 0) is 19.1 Å². The number of fused-ring (bicyclic) bond motifs is 1. The monoisotopic (exact) mass is 322 g/mol. The fourth-order valence-electron chi connectivity index (χ4n) is 6.26. The Balaban J connectivity index is 1.92. The zero-order chi connectivity index (χ0) is 17.0. The first-order chi connectivity index (χ1) is 10.6. The van der Waals surface area contributed by atoms with Crippen LogP contribution in [-0.4, -0.2) is 24.1 Å². The van der Waals surface area contributed by atoms with Crippen molar-refractivity contribution < 1.29 is 19.1 Å². The quantitative estimate of drug-likeness (QED) is 0.724. The SMILES string of the molecule is CC(=O)OC1CCC23CC1(C)CCC2C(C)(C)CC3OC(C)=O. The average Bonchev–Trinajstić information content (AvgIpc) is 2.59. The molecule has 3 rings (SSSR count). The summed E-state index contributed by atoms with van der Waals surface area (Å²) in [5.74, 6) is 0.235. The van der Waals surface area contributed by atoms with Crippen LogP contribution >= 0.6 is 0 Å². The van der Waals surface area contributed by atoms with Crippen LogP contribution in [0.4, 0.5) is 0 Å². The molecule has 130 valence electrons. The van der Waals surface area contributed by atoms with Gasteiger partial charge >= 0.3 is 11.9 Å². The lowest BCUT2D eigenvalue weighted by Crippen LogP contribution is -2.55. The molecule has 5 unspecified atom stereocenters. The van der Waals surface area contributed by atoms with E-state index in [0.29, 0.717) is 5.92 Å². The molecule has 0 aromatic heterocycles. The highest BCUT2D eigenvalue weighted by Gasteiger charge is 2.66. The zero-order valence-corrected chi connectivity index (χ0v) is 15.1. The van der Waals surface area contributed by atoms with Crippen LogP contribution in [0.2, 0.25) is 0 Å². The van der Waals surface area contributed by atoms with Crippen LogP contribution in [0, 0.1) is 22.2 Å². The van der Waals surface area contributed by atoms with E-state index < -0.39 is 0 Å². The first-order valence-corrected chi connectivity index (χ1v) is 8.94. The van der Waals surface area contributed by atoms with Gasteiger partial charge in [0.05, 0.1) is 0 Å². The van der Waals surface area contributed by atoms with Crippen molar-refractivity contribution >= 4 is 11.9 Å². The number of ether oxygens (including phenoxy) is 2. The van der Waals surface area contributed by atoms with Gasteiger partial charge in [0.15, 0.2) is 0 Å². The molecule has 1 spiro atoms. The number of hydrogen-bond acceptors (Lipinski definition) is 4. The second-order valence-electron chi connectivity index (χ2n) is 9.08. The summed E-state index contributed by atoms with van der Waals surface area (Å²) >= 11 is 0. The molecule has 0 radical (unpaired) electrons. The fraction of sp³-hybridized carbons (Fsp3) is 0.895. The summed E-state index contributed by atoms with van der Waals surface area (Å²) in [6.07, 6.45) is 6.08. The van der Waals surface area contributed by atoms with E-state index in [2.05, 4.69) is 20.8 Å². The number of esters is 2. The van der Waals surface area contributed by atoms with Crippen LogP contribution in [0.3, 0.4) is 0 Å². The number of rotatable bonds is 2. The lowest BCUT2D eigenvalue weighted by atomic mass is 9.49. The smallest absolute Gasteiger partial charge is 0.302 e. The number of hydrogen-bond donors (Lipinski definition) is 0. The summed E-state index contributed by atoms with van der Waals surface area (Å²) in [7, 11) is 0. The van der Waals surface area contributed by atoms with Crippen molar-refractivity contribution in [2.24, 2.45) is 22.2 Å². The van der Waals surface area contributed by atoms with Crippen LogP contribution in [0.25, 0.3) is 0 Å². The molecule has 0 saturated heterocycles. The molecule has 3 saturated carbocycles. The van der Waals surface area contributed by atoms with Gasteiger partial charge in [-0.2, -0.15) is 0 Å². The highest BCUT2D eigenvalue weighted by atomic mass is 16.5. The predicted molar refractivity (Wildman–Crippen MR) is 86.6 cm³/mol. The van der Waals surface area contributed by atoms with E-state index in [1.807, 2.05) is 0 Å². The third-order valence-electron chi connectivity index (χ3n) is 6.99. The van der Waals surface area contributed by atoms with E-state index in [4.69, 9.17) is 9.47 Å². The molecular formula is C19H30O4. The minimum absolute atomic E-state index is 0.00765. The molecule has 0 aromatic carbocycles. The predicted octanol–water partition coefficient (Wildman–Crippen LogP) is 3.87. The van der Waals surface area contributed by atoms with Gasteiger partial charge in [0, 0.05) is 24.7 Å². The Morgan fingerprint density at radius 1 is 0.913 bits per heavy atom. The third kappa shape index (κ3) is 2.58. The summed E-state index contributed by atoms with van der Waals surface area (Å²) in [6.45, 7) is 9.92. The highest BCUT2D eigenvalue weighted by Crippen LogP contribution is 2.69. The summed E-state index contributed by atoms with van der Waals surface area (Å²) in [4.78, 5) is 23.1. The first kappa shape index (κ1) is 16.8. The molecule has 4 heteroatoms. The van der Waals surface area contributed by atoms with E-state index in [9.17, 15) is 9.59 Å². The molecule has 2 bridgehead atoms. The molecule has 5 atom stereocenters. The molecule has 3 aliphatic rings. The summed E-state index contributed by atoms with van der Waals surface area (Å²) in [5.41, 5.74) is 0.285. The Morgan fingerprint density at radius 3 is 2.13 bits per heavy atom. The molecule has 0 heterocycles. The van der Waals surface area contributed by atoms with Gasteiger partial charge in [-0.25, -0.2) is 0 Å². The van der Waals surface area contributed by atoms with Crippen LogP contribution in [0.1, 0.15) is 73.1 Å². The van der Waals surface area contributed by atoms with E-state index >= 15 is 0 Å². The van der Waals surface area contributed by atoms with Gasteiger partial charge in [0.1, 0.15) is 12.2 Å². The molecule has 23 heavy (non-hydrogen) atoms. The van der Waals surface area contributed by atoms with Crippen molar-refractivity contribution in [3.63, 3.8) is 0 Å². The van der Waals surface area contributed by atoms with E-state index in [-0.39, 0.29) is 40.4 Å². The second kappa shape index (κ2) is 5.22. The third-order valence-corrected chi connectivity index (χ3v) is 6.99. The van der Waals surface area contributed by atoms with E-state index in [1.54, 1.807) is 0 Å². The average molecular weight is 322 g/mol. The summed E-state index contributed by atoms with van der Waals surface area (Å²) in [5, 5.41) is 0. The largest absolute Gasteiger partial charge is 0.462 e. The highest BCUT2D eigenvalue weighted by molar-refractivity contribution is 5.66. The Hall–Kier alpha value is -1.06. The van der Waals surface area contributed by atoms with Gasteiger partial charge in [-0.05, 0) is 49.9 Å². The lowest BCUT2D eigenvalue weighted by Gasteiger charge is -2.58. The normalized spacial score (nSPS) is 44.3. The minimum Gasteiger partial charge on any atom is -0.462 e. The summed E-state index contributed by atoms with van der Waals surface area (Å²) < 4.78 is 11.5. The maximum absolute atomic E-state index is 11.6. The van der Waals surface area contributed by atoms with Crippen molar-refractivity contribution in [3.05, 3.63) is 0 Å². The maximum atomic E-state index is 11.6. The Bertz CT molecular complexity index is 525. The molecule has 0 amide bonds. The van der Waals surface area contributed by atoms with Gasteiger partial charge in [-0.1, -0.05) is 20.8 Å². The molecule has 3 aliphatic carbocycles. The van der Waals surface area contributed by atoms with Crippen LogP contribution < -0.4 is 0 Å². The van der Waals surface area contributed by atoms with Crippen molar-refractivity contribution in [1.82, 2.24) is 0 Å². The Kier molecular flexibility index (Phi) is 3.81. The zero-order valence-electron chi connectivity index (χ0n) is 15.1. The maximum Gasteiger partial charge on any atom is 0.302 e. The fourth-order valence-corrected chi connectivity index (χ4v) is 6.26. The van der Waals surface area contributed by atoms with E-state index in [1.165, 1.54) is 13.8 Å². The van der Waals surface area contributed by atoms with E-state index in [0.717, 1.165) is 38.5 Å². The lowest BCUT2D eigenvalue weighted by molar-refractivity contribution is -0.186. The van der Waals surface area contributed by atoms with Gasteiger partial charge in [0.25, 0.3) is 0 Å². The van der Waals surface area contributed by atoms with Crippen molar-refractivity contribution in [3.8, 4) is 0 Å². The molecule has 0 N–H and O–H groups in total. The molecular weight excluding hydrogens is 292 g/mol. The number of carbonyl (C=O) groups excluding carboxylic acids is 2. The molecule has 0 aliphatic heterocycles. The molecule has 0 aromatic rings. The molecule has 4 nitrogen and oxygen atoms in total. The summed E-state index contributed by atoms with van der Waals surface area (Å²) in [6, 6.07) is 0. The Labute approximate surface area is 139 Å². The molecule has 3 fully saturated rings. The van der Waals surface area contributed by atoms with Crippen molar-refractivity contribution in [2.45, 2.75) is 85.4 Å². The topological polar surface area (TPSA) is 52.6 Å². The first-order valence-electron chi connectivity index (χ1n) is 8.94. The Morgan fingerprint density at radius 2 is 1.52 bits per heavy atom. The van der Waals surface area contributed by atoms with Crippen LogP contribution in [0.15, 0.2) is 0 Å². The second-order valence-corrected chi connectivity index (χ2v) is 9.08. The van der Waals surface area contributed by atoms with Gasteiger partial charge in [-0.15, -0.1) is 0 Å². The van der Waals surface area contributed by atoms with Gasteiger partial charge in [-0.3, -0.25) is 9.59 Å². The number of carbonyl (C=O) groups is 2. The standard InChI is InChI=1S/C19H30O4/c1-12(20)22-15-7-9-19-11-18(15,5)8-6-14(19)17(3,4)10-16(19)23-13(2)21/h14-16H,6-11H2,1-5H3.